The first-order chi connectivity index (χ1) is 13.9. The van der Waals surface area contributed by atoms with Crippen LogP contribution in [0.3, 0.4) is 0 Å². The second-order valence-corrected chi connectivity index (χ2v) is 23.5. The Kier molecular flexibility index (Phi) is 17.4. The molecular weight excluding hydrogens is 476 g/mol. The van der Waals surface area contributed by atoms with E-state index in [1.807, 2.05) is 0 Å². The number of rotatable bonds is 20. The van der Waals surface area contributed by atoms with Gasteiger partial charge in [0.1, 0.15) is 0 Å². The van der Waals surface area contributed by atoms with E-state index in [0.29, 0.717) is 13.2 Å². The first kappa shape index (κ1) is 30.2. The first-order valence-electron chi connectivity index (χ1n) is 12.6. The van der Waals surface area contributed by atoms with Gasteiger partial charge in [0.05, 0.1) is 0 Å². The molecule has 0 radical (unpaired) electrons. The van der Waals surface area contributed by atoms with Crippen LogP contribution in [0.25, 0.3) is 0 Å². The molecule has 0 bridgehead atoms. The summed E-state index contributed by atoms with van der Waals surface area (Å²) >= 11 is -4.12. The SMILES string of the molecule is CCC[Si](CCC)(CCC)[O][Zr]([O]CC)([O]CC)[O][Si](CCC)(CCC)CCC. The molecule has 29 heavy (non-hydrogen) atoms. The van der Waals surface area contributed by atoms with Crippen LogP contribution in [0, 0.1) is 0 Å². The molecule has 7 heteroatoms. The molecule has 0 aromatic heterocycles. The van der Waals surface area contributed by atoms with Crippen LogP contribution >= 0.6 is 0 Å². The fourth-order valence-electron chi connectivity index (χ4n) is 4.85. The van der Waals surface area contributed by atoms with Crippen LogP contribution in [0.2, 0.25) is 36.3 Å². The Morgan fingerprint density at radius 2 is 0.690 bits per heavy atom. The van der Waals surface area contributed by atoms with Gasteiger partial charge in [-0.2, -0.15) is 0 Å². The zero-order chi connectivity index (χ0) is 22.2. The van der Waals surface area contributed by atoms with Gasteiger partial charge in [-0.05, 0) is 0 Å². The van der Waals surface area contributed by atoms with E-state index >= 15 is 0 Å². The Balaban J connectivity index is 6.16. The van der Waals surface area contributed by atoms with Gasteiger partial charge >= 0.3 is 193 Å². The summed E-state index contributed by atoms with van der Waals surface area (Å²) in [6, 6.07) is 7.17. The molecule has 0 N–H and O–H groups in total. The van der Waals surface area contributed by atoms with E-state index in [1.165, 1.54) is 74.8 Å². The molecule has 0 aliphatic carbocycles. The van der Waals surface area contributed by atoms with Crippen molar-refractivity contribution >= 4 is 16.6 Å². The van der Waals surface area contributed by atoms with E-state index in [-0.39, 0.29) is 0 Å². The van der Waals surface area contributed by atoms with Crippen molar-refractivity contribution in [3.05, 3.63) is 0 Å². The standard InChI is InChI=1S/2C9H21OSi.2C2H5O.Zr/c2*1-4-7-11(10,8-5-2)9-6-3;2*1-2-3;/h2*4-9H2,1-3H3;2*2H2,1H3;/q4*-1;+4. The van der Waals surface area contributed by atoms with Gasteiger partial charge in [0.2, 0.25) is 0 Å². The van der Waals surface area contributed by atoms with E-state index < -0.39 is 38.7 Å². The zero-order valence-corrected chi connectivity index (χ0v) is 25.5. The average Bonchev–Trinajstić information content (AvgIpc) is 2.63. The summed E-state index contributed by atoms with van der Waals surface area (Å²) < 4.78 is 27.4. The minimum absolute atomic E-state index is 0.625. The second-order valence-electron chi connectivity index (χ2n) is 8.44. The predicted octanol–water partition coefficient (Wildman–Crippen LogP) is 8.26. The fraction of sp³-hybridized carbons (Fsp3) is 1.00. The summed E-state index contributed by atoms with van der Waals surface area (Å²) in [5, 5.41) is 0. The third-order valence-electron chi connectivity index (χ3n) is 5.56. The van der Waals surface area contributed by atoms with E-state index in [4.69, 9.17) is 10.6 Å². The van der Waals surface area contributed by atoms with Gasteiger partial charge < -0.3 is 0 Å². The monoisotopic (exact) mass is 526 g/mol. The normalized spacial score (nSPS) is 13.2. The molecule has 0 heterocycles. The Bertz CT molecular complexity index is 329. The Hall–Kier alpha value is 1.16. The molecule has 0 fully saturated rings. The maximum atomic E-state index is 7.24. The van der Waals surface area contributed by atoms with Crippen molar-refractivity contribution in [2.45, 2.75) is 130 Å². The molecule has 0 aromatic carbocycles. The summed E-state index contributed by atoms with van der Waals surface area (Å²) in [6.07, 6.45) is 7.05. The molecule has 0 unspecified atom stereocenters. The van der Waals surface area contributed by atoms with Crippen molar-refractivity contribution in [1.82, 2.24) is 0 Å². The minimum atomic E-state index is -4.12. The van der Waals surface area contributed by atoms with E-state index in [0.717, 1.165) is 0 Å². The van der Waals surface area contributed by atoms with E-state index in [2.05, 4.69) is 55.4 Å². The summed E-state index contributed by atoms with van der Waals surface area (Å²) in [7, 11) is -3.87. The molecule has 4 nitrogen and oxygen atoms in total. The molecule has 0 rings (SSSR count). The maximum absolute atomic E-state index is 7.24. The van der Waals surface area contributed by atoms with Gasteiger partial charge in [-0.1, -0.05) is 0 Å². The molecule has 0 spiro atoms. The first-order valence-corrected chi connectivity index (χ1v) is 21.7. The number of hydrogen-bond acceptors (Lipinski definition) is 4. The molecule has 0 saturated carbocycles. The zero-order valence-electron chi connectivity index (χ0n) is 21.0. The van der Waals surface area contributed by atoms with Crippen molar-refractivity contribution in [3.63, 3.8) is 0 Å². The summed E-state index contributed by atoms with van der Waals surface area (Å²) in [5.74, 6) is 0. The van der Waals surface area contributed by atoms with Crippen molar-refractivity contribution in [1.29, 1.82) is 0 Å². The van der Waals surface area contributed by atoms with E-state index in [9.17, 15) is 0 Å². The van der Waals surface area contributed by atoms with E-state index in [1.54, 1.807) is 0 Å². The fourth-order valence-corrected chi connectivity index (χ4v) is 30.8. The Morgan fingerprint density at radius 1 is 0.448 bits per heavy atom. The summed E-state index contributed by atoms with van der Waals surface area (Å²) in [4.78, 5) is 0. The van der Waals surface area contributed by atoms with Gasteiger partial charge in [-0.15, -0.1) is 0 Å². The van der Waals surface area contributed by atoms with Crippen molar-refractivity contribution in [2.75, 3.05) is 13.2 Å². The third-order valence-corrected chi connectivity index (χ3v) is 28.6. The van der Waals surface area contributed by atoms with Gasteiger partial charge in [0.25, 0.3) is 0 Å². The van der Waals surface area contributed by atoms with Crippen LogP contribution in [0.15, 0.2) is 0 Å². The molecule has 0 aromatic rings. The van der Waals surface area contributed by atoms with Crippen LogP contribution in [-0.4, -0.2) is 29.8 Å². The summed E-state index contributed by atoms with van der Waals surface area (Å²) in [6.45, 7) is 19.1. The Morgan fingerprint density at radius 3 is 0.862 bits per heavy atom. The molecule has 0 atom stereocenters. The van der Waals surface area contributed by atoms with Crippen LogP contribution in [0.5, 0.6) is 0 Å². The molecule has 0 aliphatic rings. The van der Waals surface area contributed by atoms with Gasteiger partial charge in [-0.3, -0.25) is 0 Å². The van der Waals surface area contributed by atoms with Gasteiger partial charge in [0, 0.05) is 0 Å². The Labute approximate surface area is 192 Å². The van der Waals surface area contributed by atoms with Gasteiger partial charge in [-0.25, -0.2) is 0 Å². The van der Waals surface area contributed by atoms with Crippen LogP contribution in [0.1, 0.15) is 93.9 Å². The predicted molar refractivity (Wildman–Crippen MR) is 128 cm³/mol. The molecule has 0 amide bonds. The number of hydrogen-bond donors (Lipinski definition) is 0. The molecular formula is C22H52O4Si2Zr. The quantitative estimate of drug-likeness (QED) is 0.149. The molecule has 176 valence electrons. The molecule has 0 aliphatic heterocycles. The van der Waals surface area contributed by atoms with Crippen molar-refractivity contribution in [3.8, 4) is 0 Å². The van der Waals surface area contributed by atoms with Crippen LogP contribution in [-0.2, 0) is 32.7 Å². The third kappa shape index (κ3) is 10.5. The second kappa shape index (κ2) is 16.7. The molecule has 0 saturated heterocycles. The van der Waals surface area contributed by atoms with Crippen LogP contribution in [0.4, 0.5) is 0 Å². The van der Waals surface area contributed by atoms with Crippen molar-refractivity contribution < 1.29 is 32.7 Å². The van der Waals surface area contributed by atoms with Gasteiger partial charge in [0.15, 0.2) is 0 Å². The van der Waals surface area contributed by atoms with Crippen molar-refractivity contribution in [2.24, 2.45) is 0 Å². The van der Waals surface area contributed by atoms with Crippen LogP contribution < -0.4 is 0 Å². The topological polar surface area (TPSA) is 36.9 Å². The summed E-state index contributed by atoms with van der Waals surface area (Å²) in [5.41, 5.74) is 0. The average molecular weight is 528 g/mol.